The lowest BCUT2D eigenvalue weighted by atomic mass is 9.86. The third-order valence-corrected chi connectivity index (χ3v) is 2.72. The number of carbonyl (C=O) groups is 2. The Morgan fingerprint density at radius 3 is 2.71 bits per heavy atom. The van der Waals surface area contributed by atoms with Gasteiger partial charge >= 0.3 is 6.09 Å². The monoisotopic (exact) mass is 238 g/mol. The zero-order valence-electron chi connectivity index (χ0n) is 10.5. The molecule has 1 amide bonds. The first kappa shape index (κ1) is 13.5. The topological polar surface area (TPSA) is 70.4 Å². The van der Waals surface area contributed by atoms with Gasteiger partial charge in [-0.15, -0.1) is 0 Å². The molecule has 1 rings (SSSR count). The Morgan fingerprint density at radius 2 is 2.24 bits per heavy atom. The van der Waals surface area contributed by atoms with Crippen LogP contribution in [0.2, 0.25) is 0 Å². The smallest absolute Gasteiger partial charge is 0.410 e. The van der Waals surface area contributed by atoms with Crippen molar-refractivity contribution >= 4 is 12.4 Å². The van der Waals surface area contributed by atoms with E-state index in [9.17, 15) is 9.59 Å². The number of ether oxygens (including phenoxy) is 1. The minimum absolute atomic E-state index is 0.169. The van der Waals surface area contributed by atoms with Crippen LogP contribution in [-0.2, 0) is 9.53 Å². The fourth-order valence-corrected chi connectivity index (χ4v) is 1.82. The molecule has 1 atom stereocenters. The number of carbonyl (C=O) groups excluding carboxylic acids is 2. The number of aldehydes is 1. The van der Waals surface area contributed by atoms with Gasteiger partial charge in [-0.25, -0.2) is 4.79 Å². The summed E-state index contributed by atoms with van der Waals surface area (Å²) in [5.74, 6) is 0. The molecule has 0 aromatic rings. The molecule has 0 radical (unpaired) electrons. The molecule has 17 heavy (non-hydrogen) atoms. The van der Waals surface area contributed by atoms with Crippen molar-refractivity contribution in [2.75, 3.05) is 13.1 Å². The van der Waals surface area contributed by atoms with Gasteiger partial charge in [0.2, 0.25) is 0 Å². The molecular formula is C12H18N2O3. The second kappa shape index (κ2) is 4.74. The van der Waals surface area contributed by atoms with Gasteiger partial charge in [0.25, 0.3) is 0 Å². The van der Waals surface area contributed by atoms with Gasteiger partial charge in [0.1, 0.15) is 11.9 Å². The van der Waals surface area contributed by atoms with E-state index in [1.54, 1.807) is 20.8 Å². The standard InChI is InChI=1S/C12H18N2O3/c1-11(2,3)17-10(16)14-6-4-12(8-13,9-14)5-7-15/h7H,4-6,9H2,1-3H3. The van der Waals surface area contributed by atoms with E-state index in [0.29, 0.717) is 13.0 Å². The third-order valence-electron chi connectivity index (χ3n) is 2.72. The minimum atomic E-state index is -0.724. The molecule has 1 aliphatic rings. The molecule has 0 N–H and O–H groups in total. The first-order valence-corrected chi connectivity index (χ1v) is 5.65. The summed E-state index contributed by atoms with van der Waals surface area (Å²) in [7, 11) is 0. The third kappa shape index (κ3) is 3.45. The van der Waals surface area contributed by atoms with Crippen LogP contribution >= 0.6 is 0 Å². The van der Waals surface area contributed by atoms with E-state index in [2.05, 4.69) is 6.07 Å². The summed E-state index contributed by atoms with van der Waals surface area (Å²) >= 11 is 0. The van der Waals surface area contributed by atoms with E-state index >= 15 is 0 Å². The Labute approximate surface area is 101 Å². The maximum atomic E-state index is 11.8. The summed E-state index contributed by atoms with van der Waals surface area (Å²) in [6, 6.07) is 2.15. The van der Waals surface area contributed by atoms with Gasteiger partial charge in [0, 0.05) is 19.5 Å². The molecule has 5 nitrogen and oxygen atoms in total. The number of hydrogen-bond acceptors (Lipinski definition) is 4. The van der Waals surface area contributed by atoms with E-state index in [1.165, 1.54) is 4.90 Å². The highest BCUT2D eigenvalue weighted by molar-refractivity contribution is 5.69. The van der Waals surface area contributed by atoms with Gasteiger partial charge in [-0.05, 0) is 27.2 Å². The largest absolute Gasteiger partial charge is 0.444 e. The predicted octanol–water partition coefficient (Wildman–Crippen LogP) is 1.73. The van der Waals surface area contributed by atoms with Crippen molar-refractivity contribution in [2.45, 2.75) is 39.2 Å². The van der Waals surface area contributed by atoms with Crippen LogP contribution in [0.3, 0.4) is 0 Å². The molecule has 0 aliphatic carbocycles. The van der Waals surface area contributed by atoms with Crippen molar-refractivity contribution in [3.63, 3.8) is 0 Å². The fourth-order valence-electron chi connectivity index (χ4n) is 1.82. The summed E-state index contributed by atoms with van der Waals surface area (Å²) in [6.45, 7) is 6.13. The van der Waals surface area contributed by atoms with E-state index in [0.717, 1.165) is 6.29 Å². The van der Waals surface area contributed by atoms with Crippen LogP contribution in [0.1, 0.15) is 33.6 Å². The van der Waals surface area contributed by atoms with Crippen molar-refractivity contribution < 1.29 is 14.3 Å². The quantitative estimate of drug-likeness (QED) is 0.687. The molecule has 1 fully saturated rings. The van der Waals surface area contributed by atoms with Gasteiger partial charge in [0.15, 0.2) is 0 Å². The maximum Gasteiger partial charge on any atom is 0.410 e. The maximum absolute atomic E-state index is 11.8. The van der Waals surface area contributed by atoms with Crippen molar-refractivity contribution in [2.24, 2.45) is 5.41 Å². The number of nitriles is 1. The molecule has 94 valence electrons. The Balaban J connectivity index is 2.64. The molecule has 0 aromatic heterocycles. The van der Waals surface area contributed by atoms with Gasteiger partial charge in [0.05, 0.1) is 11.5 Å². The Bertz CT molecular complexity index is 354. The van der Waals surface area contributed by atoms with Crippen molar-refractivity contribution in [3.05, 3.63) is 0 Å². The van der Waals surface area contributed by atoms with E-state index in [4.69, 9.17) is 10.00 Å². The first-order chi connectivity index (χ1) is 7.82. The Hall–Kier alpha value is -1.57. The summed E-state index contributed by atoms with van der Waals surface area (Å²) in [4.78, 5) is 23.8. The summed E-state index contributed by atoms with van der Waals surface area (Å²) in [5.41, 5.74) is -1.27. The fraction of sp³-hybridized carbons (Fsp3) is 0.750. The Morgan fingerprint density at radius 1 is 1.59 bits per heavy atom. The lowest BCUT2D eigenvalue weighted by molar-refractivity contribution is -0.109. The zero-order chi connectivity index (χ0) is 13.1. The minimum Gasteiger partial charge on any atom is -0.444 e. The molecule has 1 unspecified atom stereocenters. The molecule has 0 aromatic carbocycles. The average molecular weight is 238 g/mol. The van der Waals surface area contributed by atoms with Crippen molar-refractivity contribution in [3.8, 4) is 6.07 Å². The number of nitrogens with zero attached hydrogens (tertiary/aromatic N) is 2. The second-order valence-electron chi connectivity index (χ2n) is 5.41. The number of amides is 1. The Kier molecular flexibility index (Phi) is 3.76. The zero-order valence-corrected chi connectivity index (χ0v) is 10.5. The van der Waals surface area contributed by atoms with Crippen LogP contribution in [-0.4, -0.2) is 36.0 Å². The van der Waals surface area contributed by atoms with Crippen LogP contribution in [0.5, 0.6) is 0 Å². The lowest BCUT2D eigenvalue weighted by Crippen LogP contribution is -2.36. The van der Waals surface area contributed by atoms with Crippen molar-refractivity contribution in [1.82, 2.24) is 4.90 Å². The van der Waals surface area contributed by atoms with Gasteiger partial charge in [-0.2, -0.15) is 5.26 Å². The average Bonchev–Trinajstić information content (AvgIpc) is 2.61. The molecule has 1 aliphatic heterocycles. The van der Waals surface area contributed by atoms with Crippen LogP contribution in [0.4, 0.5) is 4.79 Å². The number of rotatable bonds is 2. The highest BCUT2D eigenvalue weighted by Gasteiger charge is 2.41. The molecule has 0 saturated carbocycles. The highest BCUT2D eigenvalue weighted by atomic mass is 16.6. The first-order valence-electron chi connectivity index (χ1n) is 5.65. The van der Waals surface area contributed by atoms with Crippen LogP contribution in [0.15, 0.2) is 0 Å². The lowest BCUT2D eigenvalue weighted by Gasteiger charge is -2.25. The van der Waals surface area contributed by atoms with E-state index in [1.807, 2.05) is 0 Å². The molecule has 0 bridgehead atoms. The van der Waals surface area contributed by atoms with Gasteiger partial charge in [-0.3, -0.25) is 0 Å². The molecular weight excluding hydrogens is 220 g/mol. The number of hydrogen-bond donors (Lipinski definition) is 0. The highest BCUT2D eigenvalue weighted by Crippen LogP contribution is 2.33. The second-order valence-corrected chi connectivity index (χ2v) is 5.41. The summed E-state index contributed by atoms with van der Waals surface area (Å²) in [5, 5.41) is 9.09. The van der Waals surface area contributed by atoms with Gasteiger partial charge < -0.3 is 14.4 Å². The van der Waals surface area contributed by atoms with Crippen LogP contribution < -0.4 is 0 Å². The van der Waals surface area contributed by atoms with Crippen molar-refractivity contribution in [1.29, 1.82) is 5.26 Å². The molecule has 1 saturated heterocycles. The predicted molar refractivity (Wildman–Crippen MR) is 61.2 cm³/mol. The van der Waals surface area contributed by atoms with Crippen LogP contribution in [0, 0.1) is 16.7 Å². The normalized spacial score (nSPS) is 24.2. The molecule has 5 heteroatoms. The molecule has 1 heterocycles. The summed E-state index contributed by atoms with van der Waals surface area (Å²) < 4.78 is 5.23. The van der Waals surface area contributed by atoms with E-state index < -0.39 is 17.1 Å². The van der Waals surface area contributed by atoms with E-state index in [-0.39, 0.29) is 13.0 Å². The number of likely N-dealkylation sites (tertiary alicyclic amines) is 1. The summed E-state index contributed by atoms with van der Waals surface area (Å²) in [6.07, 6.45) is 1.02. The van der Waals surface area contributed by atoms with Crippen LogP contribution in [0.25, 0.3) is 0 Å². The van der Waals surface area contributed by atoms with Gasteiger partial charge in [-0.1, -0.05) is 0 Å². The SMILES string of the molecule is CC(C)(C)OC(=O)N1CCC(C#N)(CC=O)C1. The molecule has 0 spiro atoms.